The number of benzene rings is 1. The minimum absolute atomic E-state index is 0.0730. The fraction of sp³-hybridized carbons (Fsp3) is 0.571. The van der Waals surface area contributed by atoms with Gasteiger partial charge in [-0.3, -0.25) is 0 Å². The lowest BCUT2D eigenvalue weighted by atomic mass is 9.98. The Kier molecular flexibility index (Phi) is 3.14. The Hall–Kier alpha value is -1.26. The third kappa shape index (κ3) is 2.18. The highest BCUT2D eigenvalue weighted by Gasteiger charge is 2.32. The van der Waals surface area contributed by atoms with Gasteiger partial charge in [0.05, 0.1) is 6.61 Å². The summed E-state index contributed by atoms with van der Waals surface area (Å²) in [5, 5.41) is 13.0. The number of fused-ring (bicyclic) bond motifs is 1. The van der Waals surface area contributed by atoms with Crippen molar-refractivity contribution in [3.05, 3.63) is 23.8 Å². The Morgan fingerprint density at radius 1 is 1.17 bits per heavy atom. The molecule has 1 aliphatic heterocycles. The van der Waals surface area contributed by atoms with E-state index in [0.29, 0.717) is 6.79 Å². The number of aliphatic hydroxyl groups excluding tert-OH is 1. The summed E-state index contributed by atoms with van der Waals surface area (Å²) >= 11 is 0. The Balaban J connectivity index is 1.66. The van der Waals surface area contributed by atoms with Crippen molar-refractivity contribution in [2.75, 3.05) is 13.4 Å². The third-order valence-electron chi connectivity index (χ3n) is 3.97. The topological polar surface area (TPSA) is 50.7 Å². The lowest BCUT2D eigenvalue weighted by molar-refractivity contribution is 0.163. The van der Waals surface area contributed by atoms with Gasteiger partial charge in [-0.25, -0.2) is 0 Å². The van der Waals surface area contributed by atoms with Gasteiger partial charge in [-0.2, -0.15) is 0 Å². The molecule has 1 aromatic carbocycles. The molecule has 3 rings (SSSR count). The minimum atomic E-state index is -0.0730. The zero-order valence-electron chi connectivity index (χ0n) is 10.4. The van der Waals surface area contributed by atoms with E-state index >= 15 is 0 Å². The van der Waals surface area contributed by atoms with E-state index in [-0.39, 0.29) is 12.1 Å². The van der Waals surface area contributed by atoms with Crippen molar-refractivity contribution in [1.29, 1.82) is 0 Å². The number of hydrogen-bond acceptors (Lipinski definition) is 4. The predicted octanol–water partition coefficient (Wildman–Crippen LogP) is 1.81. The molecule has 1 heterocycles. The van der Waals surface area contributed by atoms with Crippen LogP contribution in [0.1, 0.15) is 31.2 Å². The maximum Gasteiger partial charge on any atom is 0.231 e. The molecule has 4 nitrogen and oxygen atoms in total. The lowest BCUT2D eigenvalue weighted by Crippen LogP contribution is -2.45. The SMILES string of the molecule is OCC1(NCc2ccc3c(c2)OCO3)CCCC1. The standard InChI is InChI=1S/C14H19NO3/c16-9-14(5-1-2-6-14)15-8-11-3-4-12-13(7-11)18-10-17-12/h3-4,7,15-16H,1-2,5-6,8-10H2. The van der Waals surface area contributed by atoms with Crippen LogP contribution in [0.3, 0.4) is 0 Å². The van der Waals surface area contributed by atoms with Gasteiger partial charge in [0, 0.05) is 12.1 Å². The highest BCUT2D eigenvalue weighted by atomic mass is 16.7. The molecule has 0 bridgehead atoms. The van der Waals surface area contributed by atoms with Crippen LogP contribution in [0.5, 0.6) is 11.5 Å². The molecule has 98 valence electrons. The molecule has 0 radical (unpaired) electrons. The zero-order valence-corrected chi connectivity index (χ0v) is 10.4. The van der Waals surface area contributed by atoms with Crippen LogP contribution in [0.25, 0.3) is 0 Å². The van der Waals surface area contributed by atoms with Crippen LogP contribution in [0.2, 0.25) is 0 Å². The van der Waals surface area contributed by atoms with E-state index in [1.807, 2.05) is 18.2 Å². The monoisotopic (exact) mass is 249 g/mol. The van der Waals surface area contributed by atoms with Gasteiger partial charge < -0.3 is 19.9 Å². The minimum Gasteiger partial charge on any atom is -0.454 e. The second kappa shape index (κ2) is 4.78. The van der Waals surface area contributed by atoms with Crippen LogP contribution < -0.4 is 14.8 Å². The Morgan fingerprint density at radius 2 is 1.94 bits per heavy atom. The Labute approximate surface area is 107 Å². The first kappa shape index (κ1) is 11.8. The molecule has 1 saturated carbocycles. The highest BCUT2D eigenvalue weighted by molar-refractivity contribution is 5.44. The maximum absolute atomic E-state index is 9.54. The molecule has 0 amide bonds. The first-order valence-electron chi connectivity index (χ1n) is 6.56. The highest BCUT2D eigenvalue weighted by Crippen LogP contribution is 2.33. The van der Waals surface area contributed by atoms with Gasteiger partial charge in [0.15, 0.2) is 11.5 Å². The summed E-state index contributed by atoms with van der Waals surface area (Å²) in [5.74, 6) is 1.63. The van der Waals surface area contributed by atoms with Crippen LogP contribution in [0.4, 0.5) is 0 Å². The average Bonchev–Trinajstić information content (AvgIpc) is 3.05. The lowest BCUT2D eigenvalue weighted by Gasteiger charge is -2.28. The summed E-state index contributed by atoms with van der Waals surface area (Å²) in [6, 6.07) is 6.00. The predicted molar refractivity (Wildman–Crippen MR) is 67.7 cm³/mol. The van der Waals surface area contributed by atoms with Crippen molar-refractivity contribution in [2.24, 2.45) is 0 Å². The number of hydrogen-bond donors (Lipinski definition) is 2. The summed E-state index contributed by atoms with van der Waals surface area (Å²) in [6.07, 6.45) is 4.53. The molecule has 1 aliphatic carbocycles. The van der Waals surface area contributed by atoms with Crippen molar-refractivity contribution < 1.29 is 14.6 Å². The van der Waals surface area contributed by atoms with E-state index in [1.165, 1.54) is 18.4 Å². The van der Waals surface area contributed by atoms with E-state index in [9.17, 15) is 5.11 Å². The van der Waals surface area contributed by atoms with Crippen LogP contribution in [-0.2, 0) is 6.54 Å². The fourth-order valence-electron chi connectivity index (χ4n) is 2.78. The molecule has 0 spiro atoms. The first-order valence-corrected chi connectivity index (χ1v) is 6.56. The number of rotatable bonds is 4. The average molecular weight is 249 g/mol. The molecule has 0 aromatic heterocycles. The summed E-state index contributed by atoms with van der Waals surface area (Å²) in [4.78, 5) is 0. The number of nitrogens with one attached hydrogen (secondary N) is 1. The Morgan fingerprint density at radius 3 is 2.72 bits per heavy atom. The van der Waals surface area contributed by atoms with Gasteiger partial charge in [0.2, 0.25) is 6.79 Å². The fourth-order valence-corrected chi connectivity index (χ4v) is 2.78. The van der Waals surface area contributed by atoms with Crippen molar-refractivity contribution in [2.45, 2.75) is 37.8 Å². The van der Waals surface area contributed by atoms with Gasteiger partial charge in [0.1, 0.15) is 0 Å². The molecule has 0 saturated heterocycles. The van der Waals surface area contributed by atoms with Crippen LogP contribution in [0.15, 0.2) is 18.2 Å². The van der Waals surface area contributed by atoms with Gasteiger partial charge in [-0.1, -0.05) is 18.9 Å². The molecule has 4 heteroatoms. The third-order valence-corrected chi connectivity index (χ3v) is 3.97. The quantitative estimate of drug-likeness (QED) is 0.854. The summed E-state index contributed by atoms with van der Waals surface area (Å²) in [7, 11) is 0. The molecular weight excluding hydrogens is 230 g/mol. The Bertz CT molecular complexity index is 427. The zero-order chi connectivity index (χ0) is 12.4. The van der Waals surface area contributed by atoms with E-state index < -0.39 is 0 Å². The first-order chi connectivity index (χ1) is 8.81. The van der Waals surface area contributed by atoms with Gasteiger partial charge in [0.25, 0.3) is 0 Å². The molecule has 2 aliphatic rings. The second-order valence-corrected chi connectivity index (χ2v) is 5.19. The molecule has 1 fully saturated rings. The summed E-state index contributed by atoms with van der Waals surface area (Å²) < 4.78 is 10.7. The molecule has 2 N–H and O–H groups in total. The second-order valence-electron chi connectivity index (χ2n) is 5.19. The van der Waals surface area contributed by atoms with Crippen molar-refractivity contribution >= 4 is 0 Å². The van der Waals surface area contributed by atoms with E-state index in [2.05, 4.69) is 5.32 Å². The number of aliphatic hydroxyl groups is 1. The normalized spacial score (nSPS) is 20.3. The van der Waals surface area contributed by atoms with E-state index in [4.69, 9.17) is 9.47 Å². The van der Waals surface area contributed by atoms with Gasteiger partial charge in [-0.05, 0) is 30.5 Å². The van der Waals surface area contributed by atoms with Crippen molar-refractivity contribution in [1.82, 2.24) is 5.32 Å². The van der Waals surface area contributed by atoms with Crippen molar-refractivity contribution in [3.8, 4) is 11.5 Å². The van der Waals surface area contributed by atoms with Crippen LogP contribution >= 0.6 is 0 Å². The molecule has 18 heavy (non-hydrogen) atoms. The van der Waals surface area contributed by atoms with Crippen LogP contribution in [0, 0.1) is 0 Å². The van der Waals surface area contributed by atoms with Crippen molar-refractivity contribution in [3.63, 3.8) is 0 Å². The molecule has 1 aromatic rings. The molecular formula is C14H19NO3. The smallest absolute Gasteiger partial charge is 0.231 e. The van der Waals surface area contributed by atoms with E-state index in [0.717, 1.165) is 30.9 Å². The van der Waals surface area contributed by atoms with E-state index in [1.54, 1.807) is 0 Å². The van der Waals surface area contributed by atoms with Gasteiger partial charge in [-0.15, -0.1) is 0 Å². The largest absolute Gasteiger partial charge is 0.454 e. The van der Waals surface area contributed by atoms with Crippen LogP contribution in [-0.4, -0.2) is 24.0 Å². The summed E-state index contributed by atoms with van der Waals surface area (Å²) in [5.41, 5.74) is 1.09. The molecule has 0 atom stereocenters. The van der Waals surface area contributed by atoms with Gasteiger partial charge >= 0.3 is 0 Å². The molecule has 0 unspecified atom stereocenters. The number of ether oxygens (including phenoxy) is 2. The maximum atomic E-state index is 9.54. The summed E-state index contributed by atoms with van der Waals surface area (Å²) in [6.45, 7) is 1.29.